The number of aromatic nitrogens is 2. The van der Waals surface area contributed by atoms with Gasteiger partial charge in [-0.05, 0) is 6.07 Å². The molecule has 1 aromatic heterocycles. The highest BCUT2D eigenvalue weighted by atomic mass is 16.2. The number of nitrogens with zero attached hydrogens (tertiary/aromatic N) is 2. The second kappa shape index (κ2) is 4.99. The minimum atomic E-state index is -0.214. The van der Waals surface area contributed by atoms with Gasteiger partial charge in [0, 0.05) is 44.9 Å². The molecule has 0 aliphatic carbocycles. The molecule has 2 amide bonds. The van der Waals surface area contributed by atoms with Crippen LogP contribution in [0.2, 0.25) is 0 Å². The second-order valence-electron chi connectivity index (χ2n) is 4.19. The number of rotatable bonds is 4. The third-order valence-electron chi connectivity index (χ3n) is 2.95. The lowest BCUT2D eigenvalue weighted by atomic mass is 10.1. The number of hydrogen-bond acceptors (Lipinski definition) is 3. The van der Waals surface area contributed by atoms with Crippen LogP contribution in [0.15, 0.2) is 12.3 Å². The maximum Gasteiger partial charge on any atom is 0.225 e. The van der Waals surface area contributed by atoms with Crippen molar-refractivity contribution in [3.63, 3.8) is 0 Å². The number of nitrogens with one attached hydrogen (secondary N) is 2. The molecule has 1 atom stereocenters. The van der Waals surface area contributed by atoms with Gasteiger partial charge in [0.1, 0.15) is 0 Å². The maximum absolute atomic E-state index is 11.7. The van der Waals surface area contributed by atoms with E-state index in [0.29, 0.717) is 19.5 Å². The van der Waals surface area contributed by atoms with Crippen LogP contribution in [0.25, 0.3) is 0 Å². The van der Waals surface area contributed by atoms with Crippen molar-refractivity contribution in [2.75, 3.05) is 13.1 Å². The zero-order valence-corrected chi connectivity index (χ0v) is 9.77. The Morgan fingerprint density at radius 3 is 3.12 bits per heavy atom. The minimum Gasteiger partial charge on any atom is -0.355 e. The van der Waals surface area contributed by atoms with Gasteiger partial charge in [0.2, 0.25) is 11.8 Å². The van der Waals surface area contributed by atoms with E-state index in [1.165, 1.54) is 0 Å². The van der Waals surface area contributed by atoms with Crippen LogP contribution in [0, 0.1) is 5.92 Å². The van der Waals surface area contributed by atoms with Gasteiger partial charge in [0.25, 0.3) is 0 Å². The van der Waals surface area contributed by atoms with Gasteiger partial charge in [0.05, 0.1) is 5.92 Å². The first-order valence-corrected chi connectivity index (χ1v) is 5.68. The predicted molar refractivity (Wildman–Crippen MR) is 61.0 cm³/mol. The lowest BCUT2D eigenvalue weighted by molar-refractivity contribution is -0.126. The van der Waals surface area contributed by atoms with Crippen molar-refractivity contribution in [1.82, 2.24) is 20.4 Å². The Morgan fingerprint density at radius 2 is 2.53 bits per heavy atom. The molecule has 1 saturated heterocycles. The van der Waals surface area contributed by atoms with E-state index in [-0.39, 0.29) is 17.7 Å². The van der Waals surface area contributed by atoms with E-state index >= 15 is 0 Å². The van der Waals surface area contributed by atoms with Gasteiger partial charge in [-0.3, -0.25) is 14.3 Å². The fraction of sp³-hybridized carbons (Fsp3) is 0.545. The summed E-state index contributed by atoms with van der Waals surface area (Å²) in [4.78, 5) is 22.6. The van der Waals surface area contributed by atoms with Crippen LogP contribution >= 0.6 is 0 Å². The first kappa shape index (κ1) is 11.6. The molecule has 6 nitrogen and oxygen atoms in total. The van der Waals surface area contributed by atoms with Gasteiger partial charge in [-0.15, -0.1) is 0 Å². The third kappa shape index (κ3) is 2.83. The van der Waals surface area contributed by atoms with Crippen molar-refractivity contribution >= 4 is 11.8 Å². The molecule has 92 valence electrons. The van der Waals surface area contributed by atoms with Gasteiger partial charge in [-0.25, -0.2) is 0 Å². The average Bonchev–Trinajstić information content (AvgIpc) is 2.88. The zero-order chi connectivity index (χ0) is 12.3. The van der Waals surface area contributed by atoms with Crippen molar-refractivity contribution in [3.05, 3.63) is 18.0 Å². The molecule has 0 spiro atoms. The second-order valence-corrected chi connectivity index (χ2v) is 4.19. The molecule has 2 rings (SSSR count). The molecule has 1 aromatic rings. The predicted octanol–water partition coefficient (Wildman–Crippen LogP) is -0.785. The largest absolute Gasteiger partial charge is 0.355 e. The highest BCUT2D eigenvalue weighted by molar-refractivity contribution is 5.89. The number of hydrogen-bond donors (Lipinski definition) is 2. The standard InChI is InChI=1S/C11H16N4O2/c1-15-9(3-5-14-15)2-4-12-11(17)8-6-10(16)13-7-8/h3,5,8H,2,4,6-7H2,1H3,(H,12,17)(H,13,16). The Hall–Kier alpha value is -1.85. The van der Waals surface area contributed by atoms with Crippen LogP contribution in [0.1, 0.15) is 12.1 Å². The topological polar surface area (TPSA) is 76.0 Å². The summed E-state index contributed by atoms with van der Waals surface area (Å²) in [6, 6.07) is 1.92. The first-order chi connectivity index (χ1) is 8.16. The summed E-state index contributed by atoms with van der Waals surface area (Å²) in [5.41, 5.74) is 1.07. The fourth-order valence-electron chi connectivity index (χ4n) is 1.90. The van der Waals surface area contributed by atoms with Crippen molar-refractivity contribution in [1.29, 1.82) is 0 Å². The molecule has 1 aliphatic rings. The van der Waals surface area contributed by atoms with E-state index in [4.69, 9.17) is 0 Å². The number of aryl methyl sites for hydroxylation is 1. The molecule has 1 aliphatic heterocycles. The van der Waals surface area contributed by atoms with Gasteiger partial charge >= 0.3 is 0 Å². The molecular weight excluding hydrogens is 220 g/mol. The molecule has 0 bridgehead atoms. The molecule has 2 heterocycles. The Kier molecular flexibility index (Phi) is 3.41. The van der Waals surface area contributed by atoms with E-state index < -0.39 is 0 Å². The Labute approximate surface area is 99.4 Å². The highest BCUT2D eigenvalue weighted by Crippen LogP contribution is 2.08. The molecule has 6 heteroatoms. The first-order valence-electron chi connectivity index (χ1n) is 5.68. The lowest BCUT2D eigenvalue weighted by Crippen LogP contribution is -2.33. The Bertz CT molecular complexity index is 427. The van der Waals surface area contributed by atoms with Crippen LogP contribution in [-0.2, 0) is 23.1 Å². The number of carbonyl (C=O) groups excluding carboxylic acids is 2. The van der Waals surface area contributed by atoms with Crippen molar-refractivity contribution in [2.24, 2.45) is 13.0 Å². The maximum atomic E-state index is 11.7. The smallest absolute Gasteiger partial charge is 0.225 e. The summed E-state index contributed by atoms with van der Waals surface area (Å²) in [6.45, 7) is 1.03. The molecule has 17 heavy (non-hydrogen) atoms. The molecule has 1 unspecified atom stereocenters. The van der Waals surface area contributed by atoms with E-state index in [1.54, 1.807) is 10.9 Å². The normalized spacial score (nSPS) is 19.1. The van der Waals surface area contributed by atoms with Crippen LogP contribution in [-0.4, -0.2) is 34.7 Å². The van der Waals surface area contributed by atoms with Gasteiger partial charge in [-0.2, -0.15) is 5.10 Å². The van der Waals surface area contributed by atoms with E-state index in [2.05, 4.69) is 15.7 Å². The van der Waals surface area contributed by atoms with Crippen LogP contribution in [0.5, 0.6) is 0 Å². The van der Waals surface area contributed by atoms with Crippen LogP contribution in [0.3, 0.4) is 0 Å². The summed E-state index contributed by atoms with van der Waals surface area (Å²) >= 11 is 0. The van der Waals surface area contributed by atoms with Crippen molar-refractivity contribution < 1.29 is 9.59 Å². The van der Waals surface area contributed by atoms with E-state index in [1.807, 2.05) is 13.1 Å². The minimum absolute atomic E-state index is 0.0446. The van der Waals surface area contributed by atoms with Crippen molar-refractivity contribution in [3.8, 4) is 0 Å². The van der Waals surface area contributed by atoms with Crippen molar-refractivity contribution in [2.45, 2.75) is 12.8 Å². The van der Waals surface area contributed by atoms with Gasteiger partial charge < -0.3 is 10.6 Å². The lowest BCUT2D eigenvalue weighted by Gasteiger charge is -2.09. The van der Waals surface area contributed by atoms with Crippen LogP contribution < -0.4 is 10.6 Å². The molecule has 1 fully saturated rings. The molecule has 2 N–H and O–H groups in total. The number of amides is 2. The van der Waals surface area contributed by atoms with Crippen LogP contribution in [0.4, 0.5) is 0 Å². The fourth-order valence-corrected chi connectivity index (χ4v) is 1.90. The molecule has 0 radical (unpaired) electrons. The van der Waals surface area contributed by atoms with E-state index in [0.717, 1.165) is 12.1 Å². The highest BCUT2D eigenvalue weighted by Gasteiger charge is 2.27. The summed E-state index contributed by atoms with van der Waals surface area (Å²) in [5, 5.41) is 9.54. The summed E-state index contributed by atoms with van der Waals surface area (Å²) in [7, 11) is 1.87. The SMILES string of the molecule is Cn1nccc1CCNC(=O)C1CNC(=O)C1. The Morgan fingerprint density at radius 1 is 1.71 bits per heavy atom. The summed E-state index contributed by atoms with van der Waals surface area (Å²) in [5.74, 6) is -0.309. The van der Waals surface area contributed by atoms with Gasteiger partial charge in [-0.1, -0.05) is 0 Å². The zero-order valence-electron chi connectivity index (χ0n) is 9.77. The molecule has 0 aromatic carbocycles. The Balaban J connectivity index is 1.74. The van der Waals surface area contributed by atoms with Gasteiger partial charge in [0.15, 0.2) is 0 Å². The molecular formula is C11H16N4O2. The van der Waals surface area contributed by atoms with E-state index in [9.17, 15) is 9.59 Å². The summed E-state index contributed by atoms with van der Waals surface area (Å²) < 4.78 is 1.78. The average molecular weight is 236 g/mol. The monoisotopic (exact) mass is 236 g/mol. The number of carbonyl (C=O) groups is 2. The summed E-state index contributed by atoms with van der Waals surface area (Å²) in [6.07, 6.45) is 2.78. The molecule has 0 saturated carbocycles. The quantitative estimate of drug-likeness (QED) is 0.719. The third-order valence-corrected chi connectivity index (χ3v) is 2.95.